The smallest absolute Gasteiger partial charge is 0.313 e. The largest absolute Gasteiger partial charge is 0.463 e. The number of aromatic nitrogens is 2. The summed E-state index contributed by atoms with van der Waals surface area (Å²) in [5.41, 5.74) is 9.39. The molecule has 0 radical (unpaired) electrons. The number of anilines is 1. The number of nitrogens with zero attached hydrogens (tertiary/aromatic N) is 5. The molecule has 2 atom stereocenters. The molecule has 0 amide bonds. The van der Waals surface area contributed by atoms with E-state index in [1.165, 1.54) is 16.6 Å². The number of aromatic amines is 1. The standard InChI is InChI=1S/C29H37N7O/c1-5-14-36(15-6-2)29-18-25(29)27(33-28(34-29)37-16-12-22-9-7-8-13-30-22)19-31-35-23-10-11-26-24(17-23)20(3)21(4)32-26/h7-11,13,17,19,25,32,35H,5-6,12,14-16,18H2,1-4H3/b31-19+. The number of rotatable bonds is 11. The molecule has 3 heterocycles. The summed E-state index contributed by atoms with van der Waals surface area (Å²) < 4.78 is 6.08. The first-order chi connectivity index (χ1) is 18.0. The van der Waals surface area contributed by atoms with Gasteiger partial charge in [-0.1, -0.05) is 19.9 Å². The molecular formula is C29H37N7O. The Morgan fingerprint density at radius 1 is 1.19 bits per heavy atom. The van der Waals surface area contributed by atoms with Crippen molar-refractivity contribution in [2.24, 2.45) is 21.0 Å². The monoisotopic (exact) mass is 499 g/mol. The fourth-order valence-corrected chi connectivity index (χ4v) is 5.22. The van der Waals surface area contributed by atoms with Crippen molar-refractivity contribution in [2.45, 2.75) is 59.0 Å². The fourth-order valence-electron chi connectivity index (χ4n) is 5.22. The lowest BCUT2D eigenvalue weighted by Gasteiger charge is -2.31. The Bertz CT molecular complexity index is 1320. The Morgan fingerprint density at radius 2 is 2.03 bits per heavy atom. The lowest BCUT2D eigenvalue weighted by molar-refractivity contribution is 0.169. The number of ether oxygens (including phenoxy) is 1. The molecule has 2 N–H and O–H groups in total. The molecule has 0 spiro atoms. The normalized spacial score (nSPS) is 20.7. The van der Waals surface area contributed by atoms with Crippen molar-refractivity contribution >= 4 is 34.5 Å². The number of H-pyrrole nitrogens is 1. The number of hydrogen-bond acceptors (Lipinski definition) is 7. The Balaban J connectivity index is 1.33. The highest BCUT2D eigenvalue weighted by molar-refractivity contribution is 6.35. The second-order valence-corrected chi connectivity index (χ2v) is 9.98. The Kier molecular flexibility index (Phi) is 7.37. The highest BCUT2D eigenvalue weighted by Crippen LogP contribution is 2.52. The van der Waals surface area contributed by atoms with Gasteiger partial charge < -0.3 is 9.72 Å². The van der Waals surface area contributed by atoms with Crippen LogP contribution in [0, 0.1) is 19.8 Å². The van der Waals surface area contributed by atoms with Crippen LogP contribution in [-0.2, 0) is 11.2 Å². The van der Waals surface area contributed by atoms with Crippen LogP contribution in [0.25, 0.3) is 10.9 Å². The zero-order valence-corrected chi connectivity index (χ0v) is 22.3. The average Bonchev–Trinajstić information content (AvgIpc) is 3.59. The van der Waals surface area contributed by atoms with E-state index in [1.54, 1.807) is 6.20 Å². The van der Waals surface area contributed by atoms with E-state index in [1.807, 2.05) is 30.5 Å². The van der Waals surface area contributed by atoms with Gasteiger partial charge in [-0.05, 0) is 69.0 Å². The van der Waals surface area contributed by atoms with Gasteiger partial charge in [0.1, 0.15) is 5.66 Å². The SMILES string of the molecule is CCCN(CCC)C12CC1C(/C=N/Nc1ccc3[nH]c(C)c(C)c3c1)=NC(OCCc1ccccn1)=N2. The van der Waals surface area contributed by atoms with Gasteiger partial charge in [0.05, 0.1) is 24.2 Å². The number of aryl methyl sites for hydroxylation is 2. The molecule has 1 aliphatic heterocycles. The summed E-state index contributed by atoms with van der Waals surface area (Å²) in [6.07, 6.45) is 7.48. The molecule has 8 heteroatoms. The maximum atomic E-state index is 6.08. The van der Waals surface area contributed by atoms with E-state index in [0.717, 1.165) is 55.0 Å². The predicted molar refractivity (Wildman–Crippen MR) is 152 cm³/mol. The van der Waals surface area contributed by atoms with Gasteiger partial charge in [0.25, 0.3) is 0 Å². The van der Waals surface area contributed by atoms with Crippen LogP contribution >= 0.6 is 0 Å². The lowest BCUT2D eigenvalue weighted by Crippen LogP contribution is -2.42. The number of hydrogen-bond donors (Lipinski definition) is 2. The highest BCUT2D eigenvalue weighted by Gasteiger charge is 2.62. The zero-order valence-electron chi connectivity index (χ0n) is 22.3. The molecule has 2 aliphatic rings. The summed E-state index contributed by atoms with van der Waals surface area (Å²) in [5, 5.41) is 5.78. The Hall–Kier alpha value is -3.52. The van der Waals surface area contributed by atoms with Crippen molar-refractivity contribution in [1.29, 1.82) is 0 Å². The molecule has 2 unspecified atom stereocenters. The van der Waals surface area contributed by atoms with Crippen molar-refractivity contribution in [3.63, 3.8) is 0 Å². The van der Waals surface area contributed by atoms with E-state index < -0.39 is 0 Å². The summed E-state index contributed by atoms with van der Waals surface area (Å²) >= 11 is 0. The maximum Gasteiger partial charge on any atom is 0.313 e. The van der Waals surface area contributed by atoms with E-state index in [2.05, 4.69) is 65.2 Å². The molecule has 0 bridgehead atoms. The molecule has 1 fully saturated rings. The minimum absolute atomic E-state index is 0.233. The van der Waals surface area contributed by atoms with E-state index in [-0.39, 0.29) is 11.6 Å². The molecule has 0 saturated heterocycles. The maximum absolute atomic E-state index is 6.08. The van der Waals surface area contributed by atoms with Gasteiger partial charge in [0.2, 0.25) is 0 Å². The number of nitrogens with one attached hydrogen (secondary N) is 2. The van der Waals surface area contributed by atoms with E-state index in [9.17, 15) is 0 Å². The topological polar surface area (TPSA) is 90.3 Å². The number of pyridine rings is 1. The van der Waals surface area contributed by atoms with Crippen LogP contribution in [-0.4, -0.2) is 58.2 Å². The summed E-state index contributed by atoms with van der Waals surface area (Å²) in [6, 6.07) is 12.6. The first kappa shape index (κ1) is 25.1. The molecule has 194 valence electrons. The van der Waals surface area contributed by atoms with Crippen LogP contribution in [0.3, 0.4) is 0 Å². The summed E-state index contributed by atoms with van der Waals surface area (Å²) in [6.45, 7) is 11.2. The molecule has 8 nitrogen and oxygen atoms in total. The van der Waals surface area contributed by atoms with Gasteiger partial charge in [-0.3, -0.25) is 15.3 Å². The number of hydrazone groups is 1. The highest BCUT2D eigenvalue weighted by atomic mass is 16.5. The average molecular weight is 500 g/mol. The Labute approximate surface area is 219 Å². The summed E-state index contributed by atoms with van der Waals surface area (Å²) in [5.74, 6) is 0.233. The van der Waals surface area contributed by atoms with E-state index in [0.29, 0.717) is 19.0 Å². The third kappa shape index (κ3) is 5.30. The number of aliphatic imine (C=N–C) groups is 2. The molecule has 5 rings (SSSR count). The van der Waals surface area contributed by atoms with Crippen LogP contribution in [0.4, 0.5) is 5.69 Å². The van der Waals surface area contributed by atoms with E-state index >= 15 is 0 Å². The first-order valence-corrected chi connectivity index (χ1v) is 13.4. The molecule has 1 saturated carbocycles. The van der Waals surface area contributed by atoms with E-state index in [4.69, 9.17) is 14.7 Å². The van der Waals surface area contributed by atoms with Crippen LogP contribution in [0.15, 0.2) is 57.7 Å². The molecule has 1 aliphatic carbocycles. The van der Waals surface area contributed by atoms with Crippen LogP contribution in [0.5, 0.6) is 0 Å². The lowest BCUT2D eigenvalue weighted by atomic mass is 10.1. The molecule has 1 aromatic carbocycles. The molecule has 3 aromatic rings. The molecule has 2 aromatic heterocycles. The summed E-state index contributed by atoms with van der Waals surface area (Å²) in [4.78, 5) is 20.1. The van der Waals surface area contributed by atoms with Gasteiger partial charge in [0, 0.05) is 53.9 Å². The van der Waals surface area contributed by atoms with Gasteiger partial charge in [-0.15, -0.1) is 0 Å². The van der Waals surface area contributed by atoms with Crippen molar-refractivity contribution in [3.05, 3.63) is 59.5 Å². The number of amidine groups is 1. The number of fused-ring (bicyclic) bond motifs is 2. The van der Waals surface area contributed by atoms with Crippen molar-refractivity contribution in [1.82, 2.24) is 14.9 Å². The predicted octanol–water partition coefficient (Wildman–Crippen LogP) is 5.49. The fraction of sp³-hybridized carbons (Fsp3) is 0.448. The van der Waals surface area contributed by atoms with Crippen LogP contribution in [0.2, 0.25) is 0 Å². The quantitative estimate of drug-likeness (QED) is 0.270. The first-order valence-electron chi connectivity index (χ1n) is 13.4. The Morgan fingerprint density at radius 3 is 2.78 bits per heavy atom. The minimum atomic E-state index is -0.270. The van der Waals surface area contributed by atoms with Crippen LogP contribution < -0.4 is 5.43 Å². The third-order valence-corrected chi connectivity index (χ3v) is 7.32. The second kappa shape index (κ2) is 10.8. The van der Waals surface area contributed by atoms with Crippen LogP contribution in [0.1, 0.15) is 50.1 Å². The minimum Gasteiger partial charge on any atom is -0.463 e. The summed E-state index contributed by atoms with van der Waals surface area (Å²) in [7, 11) is 0. The molecule has 37 heavy (non-hydrogen) atoms. The third-order valence-electron chi connectivity index (χ3n) is 7.32. The van der Waals surface area contributed by atoms with Gasteiger partial charge in [0.15, 0.2) is 0 Å². The van der Waals surface area contributed by atoms with Gasteiger partial charge in [-0.2, -0.15) is 10.1 Å². The van der Waals surface area contributed by atoms with Crippen molar-refractivity contribution < 1.29 is 4.74 Å². The molecular weight excluding hydrogens is 462 g/mol. The number of benzene rings is 1. The van der Waals surface area contributed by atoms with Gasteiger partial charge in [-0.25, -0.2) is 4.99 Å². The van der Waals surface area contributed by atoms with Crippen molar-refractivity contribution in [2.75, 3.05) is 25.1 Å². The van der Waals surface area contributed by atoms with Crippen molar-refractivity contribution in [3.8, 4) is 0 Å². The second-order valence-electron chi connectivity index (χ2n) is 9.98. The zero-order chi connectivity index (χ0) is 25.8. The van der Waals surface area contributed by atoms with Gasteiger partial charge >= 0.3 is 6.02 Å².